The summed E-state index contributed by atoms with van der Waals surface area (Å²) in [4.78, 5) is 0. The molecule has 1 atom stereocenters. The van der Waals surface area contributed by atoms with E-state index in [0.717, 1.165) is 19.2 Å². The number of benzene rings is 1. The molecule has 0 saturated carbocycles. The van der Waals surface area contributed by atoms with E-state index in [1.165, 1.54) is 0 Å². The van der Waals surface area contributed by atoms with Crippen LogP contribution in [0.5, 0.6) is 0 Å². The zero-order valence-electron chi connectivity index (χ0n) is 9.77. The number of hydrogen-bond donors (Lipinski definition) is 2. The fourth-order valence-corrected chi connectivity index (χ4v) is 1.57. The first kappa shape index (κ1) is 14.0. The van der Waals surface area contributed by atoms with E-state index < -0.39 is 17.5 Å². The Bertz CT molecular complexity index is 369. The highest BCUT2D eigenvalue weighted by Gasteiger charge is 2.12. The van der Waals surface area contributed by atoms with Gasteiger partial charge in [-0.3, -0.25) is 0 Å². The van der Waals surface area contributed by atoms with Crippen molar-refractivity contribution in [3.63, 3.8) is 0 Å². The Labute approximate surface area is 99.0 Å². The van der Waals surface area contributed by atoms with Crippen molar-refractivity contribution in [2.45, 2.75) is 25.8 Å². The van der Waals surface area contributed by atoms with E-state index >= 15 is 0 Å². The number of halogens is 3. The SMILES string of the molecule is CCNCCC(N)Cc1cc(F)c(F)cc1F. The third-order valence-electron chi connectivity index (χ3n) is 2.51. The molecule has 96 valence electrons. The van der Waals surface area contributed by atoms with E-state index in [-0.39, 0.29) is 18.0 Å². The smallest absolute Gasteiger partial charge is 0.161 e. The van der Waals surface area contributed by atoms with E-state index in [4.69, 9.17) is 5.73 Å². The van der Waals surface area contributed by atoms with Crippen molar-refractivity contribution in [1.82, 2.24) is 5.32 Å². The zero-order chi connectivity index (χ0) is 12.8. The molecule has 0 radical (unpaired) electrons. The van der Waals surface area contributed by atoms with Crippen LogP contribution in [0, 0.1) is 17.5 Å². The summed E-state index contributed by atoms with van der Waals surface area (Å²) in [5, 5.41) is 3.09. The predicted molar refractivity (Wildman–Crippen MR) is 61.2 cm³/mol. The number of rotatable bonds is 6. The molecule has 0 aromatic heterocycles. The quantitative estimate of drug-likeness (QED) is 0.595. The van der Waals surface area contributed by atoms with Crippen molar-refractivity contribution in [3.8, 4) is 0 Å². The maximum atomic E-state index is 13.3. The van der Waals surface area contributed by atoms with Gasteiger partial charge in [0, 0.05) is 12.1 Å². The lowest BCUT2D eigenvalue weighted by Crippen LogP contribution is -2.28. The highest BCUT2D eigenvalue weighted by atomic mass is 19.2. The summed E-state index contributed by atoms with van der Waals surface area (Å²) in [5.74, 6) is -2.96. The normalized spacial score (nSPS) is 12.8. The van der Waals surface area contributed by atoms with Crippen LogP contribution in [0.1, 0.15) is 18.9 Å². The van der Waals surface area contributed by atoms with Crippen LogP contribution in [0.25, 0.3) is 0 Å². The Morgan fingerprint density at radius 2 is 1.82 bits per heavy atom. The minimum absolute atomic E-state index is 0.118. The first-order chi connectivity index (χ1) is 8.04. The molecule has 3 N–H and O–H groups in total. The molecule has 0 aliphatic rings. The molecule has 0 heterocycles. The molecular formula is C12H17F3N2. The largest absolute Gasteiger partial charge is 0.327 e. The Morgan fingerprint density at radius 1 is 1.18 bits per heavy atom. The first-order valence-corrected chi connectivity index (χ1v) is 5.64. The van der Waals surface area contributed by atoms with Crippen LogP contribution >= 0.6 is 0 Å². The molecule has 1 unspecified atom stereocenters. The van der Waals surface area contributed by atoms with Crippen molar-refractivity contribution in [2.24, 2.45) is 5.73 Å². The minimum Gasteiger partial charge on any atom is -0.327 e. The Morgan fingerprint density at radius 3 is 2.47 bits per heavy atom. The predicted octanol–water partition coefficient (Wildman–Crippen LogP) is 1.97. The monoisotopic (exact) mass is 246 g/mol. The van der Waals surface area contributed by atoms with Crippen LogP contribution in [0.4, 0.5) is 13.2 Å². The van der Waals surface area contributed by atoms with Crippen molar-refractivity contribution < 1.29 is 13.2 Å². The van der Waals surface area contributed by atoms with E-state index in [1.807, 2.05) is 6.92 Å². The van der Waals surface area contributed by atoms with E-state index in [0.29, 0.717) is 12.5 Å². The van der Waals surface area contributed by atoms with E-state index in [1.54, 1.807) is 0 Å². The summed E-state index contributed by atoms with van der Waals surface area (Å²) in [5.41, 5.74) is 5.90. The van der Waals surface area contributed by atoms with Gasteiger partial charge in [-0.1, -0.05) is 6.92 Å². The average Bonchev–Trinajstić information content (AvgIpc) is 2.26. The molecule has 0 fully saturated rings. The molecule has 0 bridgehead atoms. The summed E-state index contributed by atoms with van der Waals surface area (Å²) in [6.45, 7) is 3.54. The molecule has 0 spiro atoms. The van der Waals surface area contributed by atoms with Crippen LogP contribution in [-0.4, -0.2) is 19.1 Å². The zero-order valence-corrected chi connectivity index (χ0v) is 9.77. The van der Waals surface area contributed by atoms with Crippen LogP contribution < -0.4 is 11.1 Å². The Hall–Kier alpha value is -1.07. The Balaban J connectivity index is 2.58. The molecule has 1 aromatic rings. The van der Waals surface area contributed by atoms with Gasteiger partial charge in [-0.05, 0) is 37.6 Å². The maximum Gasteiger partial charge on any atom is 0.161 e. The lowest BCUT2D eigenvalue weighted by molar-refractivity contribution is 0.484. The minimum atomic E-state index is -1.17. The maximum absolute atomic E-state index is 13.3. The molecule has 2 nitrogen and oxygen atoms in total. The molecular weight excluding hydrogens is 229 g/mol. The van der Waals surface area contributed by atoms with Crippen LogP contribution in [-0.2, 0) is 6.42 Å². The van der Waals surface area contributed by atoms with Gasteiger partial charge in [0.2, 0.25) is 0 Å². The number of nitrogens with one attached hydrogen (secondary N) is 1. The van der Waals surface area contributed by atoms with Crippen molar-refractivity contribution in [1.29, 1.82) is 0 Å². The number of nitrogens with two attached hydrogens (primary N) is 1. The molecule has 0 aliphatic heterocycles. The summed E-state index contributed by atoms with van der Waals surface area (Å²) < 4.78 is 38.9. The molecule has 0 amide bonds. The van der Waals surface area contributed by atoms with Gasteiger partial charge < -0.3 is 11.1 Å². The van der Waals surface area contributed by atoms with Gasteiger partial charge in [0.05, 0.1) is 0 Å². The topological polar surface area (TPSA) is 38.0 Å². The molecule has 0 saturated heterocycles. The van der Waals surface area contributed by atoms with Crippen LogP contribution in [0.15, 0.2) is 12.1 Å². The highest BCUT2D eigenvalue weighted by Crippen LogP contribution is 2.15. The fraction of sp³-hybridized carbons (Fsp3) is 0.500. The second-order valence-electron chi connectivity index (χ2n) is 3.96. The average molecular weight is 246 g/mol. The highest BCUT2D eigenvalue weighted by molar-refractivity contribution is 5.21. The fourth-order valence-electron chi connectivity index (χ4n) is 1.57. The lowest BCUT2D eigenvalue weighted by Gasteiger charge is -2.12. The van der Waals surface area contributed by atoms with Crippen LogP contribution in [0.3, 0.4) is 0 Å². The van der Waals surface area contributed by atoms with Crippen molar-refractivity contribution in [3.05, 3.63) is 35.1 Å². The van der Waals surface area contributed by atoms with Gasteiger partial charge in [0.25, 0.3) is 0 Å². The summed E-state index contributed by atoms with van der Waals surface area (Å²) in [7, 11) is 0. The molecule has 17 heavy (non-hydrogen) atoms. The molecule has 1 aromatic carbocycles. The lowest BCUT2D eigenvalue weighted by atomic mass is 10.0. The van der Waals surface area contributed by atoms with Gasteiger partial charge >= 0.3 is 0 Å². The number of hydrogen-bond acceptors (Lipinski definition) is 2. The standard InChI is InChI=1S/C12H17F3N2/c1-2-17-4-3-9(16)5-8-6-11(14)12(15)7-10(8)13/h6-7,9,17H,2-5,16H2,1H3. The first-order valence-electron chi connectivity index (χ1n) is 5.64. The second kappa shape index (κ2) is 6.61. The van der Waals surface area contributed by atoms with Gasteiger partial charge in [-0.25, -0.2) is 13.2 Å². The van der Waals surface area contributed by atoms with E-state index in [9.17, 15) is 13.2 Å². The summed E-state index contributed by atoms with van der Waals surface area (Å²) >= 11 is 0. The summed E-state index contributed by atoms with van der Waals surface area (Å²) in [6, 6.07) is 1.16. The van der Waals surface area contributed by atoms with Crippen LogP contribution in [0.2, 0.25) is 0 Å². The van der Waals surface area contributed by atoms with Gasteiger partial charge in [-0.2, -0.15) is 0 Å². The third kappa shape index (κ3) is 4.36. The molecule has 0 aliphatic carbocycles. The molecule has 5 heteroatoms. The van der Waals surface area contributed by atoms with Crippen molar-refractivity contribution in [2.75, 3.05) is 13.1 Å². The van der Waals surface area contributed by atoms with Gasteiger partial charge in [0.15, 0.2) is 11.6 Å². The second-order valence-corrected chi connectivity index (χ2v) is 3.96. The molecule has 1 rings (SSSR count). The van der Waals surface area contributed by atoms with E-state index in [2.05, 4.69) is 5.32 Å². The Kier molecular flexibility index (Phi) is 5.44. The summed E-state index contributed by atoms with van der Waals surface area (Å²) in [6.07, 6.45) is 0.862. The third-order valence-corrected chi connectivity index (χ3v) is 2.51. The van der Waals surface area contributed by atoms with Gasteiger partial charge in [-0.15, -0.1) is 0 Å². The van der Waals surface area contributed by atoms with Gasteiger partial charge in [0.1, 0.15) is 5.82 Å². The van der Waals surface area contributed by atoms with Crippen molar-refractivity contribution >= 4 is 0 Å².